The molecule has 0 saturated heterocycles. The fraction of sp³-hybridized carbons (Fsp3) is 0.588. The summed E-state index contributed by atoms with van der Waals surface area (Å²) in [4.78, 5) is 14.6. The monoisotopic (exact) mass is 257 g/mol. The third-order valence-corrected chi connectivity index (χ3v) is 4.91. The summed E-state index contributed by atoms with van der Waals surface area (Å²) >= 11 is 0. The largest absolute Gasteiger partial charge is 0.338 e. The smallest absolute Gasteiger partial charge is 0.225 e. The zero-order valence-electron chi connectivity index (χ0n) is 11.9. The Morgan fingerprint density at radius 3 is 2.53 bits per heavy atom. The lowest BCUT2D eigenvalue weighted by Crippen LogP contribution is -2.35. The van der Waals surface area contributed by atoms with E-state index in [0.29, 0.717) is 11.8 Å². The molecule has 2 aliphatic carbocycles. The van der Waals surface area contributed by atoms with Crippen LogP contribution in [0.15, 0.2) is 24.3 Å². The number of aryl methyl sites for hydroxylation is 1. The maximum absolute atomic E-state index is 12.6. The van der Waals surface area contributed by atoms with Crippen molar-refractivity contribution < 1.29 is 4.79 Å². The van der Waals surface area contributed by atoms with Crippen molar-refractivity contribution in [3.8, 4) is 0 Å². The van der Waals surface area contributed by atoms with Crippen molar-refractivity contribution in [2.75, 3.05) is 6.54 Å². The second-order valence-corrected chi connectivity index (χ2v) is 6.20. The number of rotatable bonds is 4. The Hall–Kier alpha value is -1.31. The Morgan fingerprint density at radius 1 is 1.21 bits per heavy atom. The molecule has 0 spiro atoms. The molecule has 2 nitrogen and oxygen atoms in total. The summed E-state index contributed by atoms with van der Waals surface area (Å²) in [6.45, 7) is 5.80. The predicted octanol–water partition coefficient (Wildman–Crippen LogP) is 3.39. The summed E-state index contributed by atoms with van der Waals surface area (Å²) in [5.41, 5.74) is 2.56. The van der Waals surface area contributed by atoms with Crippen molar-refractivity contribution in [1.29, 1.82) is 0 Å². The van der Waals surface area contributed by atoms with Gasteiger partial charge < -0.3 is 4.90 Å². The molecular formula is C17H23NO. The van der Waals surface area contributed by atoms with Gasteiger partial charge in [-0.05, 0) is 56.1 Å². The minimum Gasteiger partial charge on any atom is -0.338 e. The normalized spacial score (nSPS) is 28.0. The molecule has 2 aliphatic rings. The number of fused-ring (bicyclic) bond motifs is 1. The average Bonchev–Trinajstić information content (AvgIpc) is 3.03. The van der Waals surface area contributed by atoms with E-state index in [1.54, 1.807) is 0 Å². The molecule has 2 unspecified atom stereocenters. The Balaban J connectivity index is 1.67. The van der Waals surface area contributed by atoms with Gasteiger partial charge >= 0.3 is 0 Å². The van der Waals surface area contributed by atoms with Gasteiger partial charge in [0.2, 0.25) is 5.91 Å². The van der Waals surface area contributed by atoms with E-state index in [9.17, 15) is 4.79 Å². The first kappa shape index (κ1) is 12.7. The molecule has 1 amide bonds. The molecule has 2 atom stereocenters. The van der Waals surface area contributed by atoms with Crippen molar-refractivity contribution in [2.45, 2.75) is 39.7 Å². The summed E-state index contributed by atoms with van der Waals surface area (Å²) in [6.07, 6.45) is 3.68. The lowest BCUT2D eigenvalue weighted by molar-refractivity contribution is -0.136. The van der Waals surface area contributed by atoms with E-state index in [1.807, 2.05) is 4.90 Å². The van der Waals surface area contributed by atoms with Crippen LogP contribution in [-0.2, 0) is 11.3 Å². The molecule has 2 fully saturated rings. The van der Waals surface area contributed by atoms with Gasteiger partial charge in [-0.15, -0.1) is 0 Å². The van der Waals surface area contributed by atoms with Crippen molar-refractivity contribution in [1.82, 2.24) is 4.90 Å². The fourth-order valence-corrected chi connectivity index (χ4v) is 3.51. The van der Waals surface area contributed by atoms with Gasteiger partial charge in [-0.2, -0.15) is 0 Å². The number of carbonyl (C=O) groups excluding carboxylic acids is 1. The lowest BCUT2D eigenvalue weighted by atomic mass is 10.0. The Labute approximate surface area is 115 Å². The molecule has 0 radical (unpaired) electrons. The first-order chi connectivity index (χ1) is 9.19. The van der Waals surface area contributed by atoms with Crippen molar-refractivity contribution in [2.24, 2.45) is 17.8 Å². The minimum atomic E-state index is 0.313. The van der Waals surface area contributed by atoms with E-state index in [1.165, 1.54) is 17.5 Å². The maximum Gasteiger partial charge on any atom is 0.225 e. The molecule has 0 aliphatic heterocycles. The lowest BCUT2D eigenvalue weighted by Gasteiger charge is -2.25. The van der Waals surface area contributed by atoms with E-state index in [2.05, 4.69) is 38.1 Å². The van der Waals surface area contributed by atoms with Gasteiger partial charge in [0.15, 0.2) is 0 Å². The molecule has 0 bridgehead atoms. The summed E-state index contributed by atoms with van der Waals surface area (Å²) in [5, 5.41) is 0. The third kappa shape index (κ3) is 2.54. The minimum absolute atomic E-state index is 0.313. The third-order valence-electron chi connectivity index (χ3n) is 4.91. The predicted molar refractivity (Wildman–Crippen MR) is 76.6 cm³/mol. The molecule has 0 heterocycles. The van der Waals surface area contributed by atoms with Gasteiger partial charge in [0, 0.05) is 19.0 Å². The van der Waals surface area contributed by atoms with Gasteiger partial charge in [-0.25, -0.2) is 0 Å². The summed E-state index contributed by atoms with van der Waals surface area (Å²) in [7, 11) is 0. The molecule has 0 N–H and O–H groups in total. The van der Waals surface area contributed by atoms with Crippen LogP contribution in [0.2, 0.25) is 0 Å². The molecule has 1 aromatic rings. The SMILES string of the molecule is CCN(Cc1ccccc1C)C(=O)C1CC2CC2C1. The first-order valence-electron chi connectivity index (χ1n) is 7.52. The molecule has 2 heteroatoms. The second kappa shape index (κ2) is 4.99. The zero-order chi connectivity index (χ0) is 13.4. The number of nitrogens with zero attached hydrogens (tertiary/aromatic N) is 1. The van der Waals surface area contributed by atoms with E-state index >= 15 is 0 Å². The van der Waals surface area contributed by atoms with Crippen LogP contribution in [0, 0.1) is 24.7 Å². The van der Waals surface area contributed by atoms with Gasteiger partial charge in [0.1, 0.15) is 0 Å². The maximum atomic E-state index is 12.6. The Bertz CT molecular complexity index is 472. The van der Waals surface area contributed by atoms with Crippen LogP contribution in [0.3, 0.4) is 0 Å². The highest BCUT2D eigenvalue weighted by Gasteiger charge is 2.48. The van der Waals surface area contributed by atoms with Crippen LogP contribution < -0.4 is 0 Å². The van der Waals surface area contributed by atoms with Crippen molar-refractivity contribution >= 4 is 5.91 Å². The molecule has 3 rings (SSSR count). The summed E-state index contributed by atoms with van der Waals surface area (Å²) in [5.74, 6) is 2.46. The van der Waals surface area contributed by atoms with Crippen molar-refractivity contribution in [3.63, 3.8) is 0 Å². The molecule has 0 aromatic heterocycles. The van der Waals surface area contributed by atoms with Gasteiger partial charge in [-0.3, -0.25) is 4.79 Å². The first-order valence-corrected chi connectivity index (χ1v) is 7.52. The second-order valence-electron chi connectivity index (χ2n) is 6.20. The van der Waals surface area contributed by atoms with Gasteiger partial charge in [0.05, 0.1) is 0 Å². The van der Waals surface area contributed by atoms with Crippen LogP contribution in [0.4, 0.5) is 0 Å². The fourth-order valence-electron chi connectivity index (χ4n) is 3.51. The standard InChI is InChI=1S/C17H23NO/c1-3-18(11-13-7-5-4-6-12(13)2)17(19)16-9-14-8-15(14)10-16/h4-7,14-16H,3,8-11H2,1-2H3. The van der Waals surface area contributed by atoms with Crippen LogP contribution in [0.5, 0.6) is 0 Å². The molecular weight excluding hydrogens is 234 g/mol. The number of amides is 1. The van der Waals surface area contributed by atoms with E-state index in [-0.39, 0.29) is 0 Å². The Kier molecular flexibility index (Phi) is 3.34. The van der Waals surface area contributed by atoms with E-state index in [4.69, 9.17) is 0 Å². The summed E-state index contributed by atoms with van der Waals surface area (Å²) < 4.78 is 0. The average molecular weight is 257 g/mol. The van der Waals surface area contributed by atoms with Crippen LogP contribution in [0.1, 0.15) is 37.3 Å². The van der Waals surface area contributed by atoms with Crippen molar-refractivity contribution in [3.05, 3.63) is 35.4 Å². The van der Waals surface area contributed by atoms with E-state index < -0.39 is 0 Å². The topological polar surface area (TPSA) is 20.3 Å². The number of hydrogen-bond donors (Lipinski definition) is 0. The number of carbonyl (C=O) groups is 1. The molecule has 19 heavy (non-hydrogen) atoms. The highest BCUT2D eigenvalue weighted by atomic mass is 16.2. The van der Waals surface area contributed by atoms with Crippen LogP contribution in [-0.4, -0.2) is 17.4 Å². The Morgan fingerprint density at radius 2 is 1.89 bits per heavy atom. The van der Waals surface area contributed by atoms with E-state index in [0.717, 1.165) is 37.8 Å². The number of benzene rings is 1. The zero-order valence-corrected chi connectivity index (χ0v) is 11.9. The van der Waals surface area contributed by atoms with Crippen LogP contribution >= 0.6 is 0 Å². The summed E-state index contributed by atoms with van der Waals surface area (Å²) in [6, 6.07) is 8.38. The number of hydrogen-bond acceptors (Lipinski definition) is 1. The molecule has 1 aromatic carbocycles. The molecule has 102 valence electrons. The highest BCUT2D eigenvalue weighted by molar-refractivity contribution is 5.79. The molecule has 2 saturated carbocycles. The highest BCUT2D eigenvalue weighted by Crippen LogP contribution is 2.54. The quantitative estimate of drug-likeness (QED) is 0.809. The van der Waals surface area contributed by atoms with Crippen LogP contribution in [0.25, 0.3) is 0 Å². The van der Waals surface area contributed by atoms with Gasteiger partial charge in [-0.1, -0.05) is 24.3 Å². The van der Waals surface area contributed by atoms with Gasteiger partial charge in [0.25, 0.3) is 0 Å².